The summed E-state index contributed by atoms with van der Waals surface area (Å²) in [5, 5.41) is 0. The number of thioether (sulfide) groups is 1. The zero-order chi connectivity index (χ0) is 13.1. The van der Waals surface area contributed by atoms with Crippen molar-refractivity contribution in [3.05, 3.63) is 58.7 Å². The van der Waals surface area contributed by atoms with Gasteiger partial charge in [-0.1, -0.05) is 24.3 Å². The Bertz CT molecular complexity index is 561. The fraction of sp³-hybridized carbons (Fsp3) is 0.250. The second-order valence-electron chi connectivity index (χ2n) is 4.68. The lowest BCUT2D eigenvalue weighted by atomic mass is 10.1. The molecule has 2 aromatic carbocycles. The Labute approximate surface area is 113 Å². The van der Waals surface area contributed by atoms with Crippen molar-refractivity contribution < 1.29 is 0 Å². The van der Waals surface area contributed by atoms with Crippen molar-refractivity contribution >= 4 is 17.4 Å². The van der Waals surface area contributed by atoms with Crippen LogP contribution in [0, 0.1) is 20.8 Å². The Morgan fingerprint density at radius 3 is 2.50 bits per heavy atom. The molecule has 0 bridgehead atoms. The van der Waals surface area contributed by atoms with E-state index in [1.165, 1.54) is 27.1 Å². The van der Waals surface area contributed by atoms with Crippen LogP contribution in [0.1, 0.15) is 22.3 Å². The van der Waals surface area contributed by atoms with Crippen LogP contribution in [0.4, 0.5) is 5.69 Å². The van der Waals surface area contributed by atoms with Gasteiger partial charge in [-0.05, 0) is 55.2 Å². The number of nitrogens with two attached hydrogens (primary N) is 1. The molecule has 94 valence electrons. The molecule has 0 fully saturated rings. The van der Waals surface area contributed by atoms with Gasteiger partial charge in [0.1, 0.15) is 0 Å². The van der Waals surface area contributed by atoms with Gasteiger partial charge in [0.05, 0.1) is 0 Å². The summed E-state index contributed by atoms with van der Waals surface area (Å²) in [6.07, 6.45) is 0. The minimum absolute atomic E-state index is 0.875. The molecule has 2 rings (SSSR count). The Balaban J connectivity index is 2.11. The molecule has 0 aliphatic rings. The van der Waals surface area contributed by atoms with E-state index in [9.17, 15) is 0 Å². The molecule has 2 aromatic rings. The van der Waals surface area contributed by atoms with Gasteiger partial charge in [0.2, 0.25) is 0 Å². The number of nitrogen functional groups attached to an aromatic ring is 1. The van der Waals surface area contributed by atoms with E-state index in [1.54, 1.807) is 0 Å². The summed E-state index contributed by atoms with van der Waals surface area (Å²) < 4.78 is 0. The lowest BCUT2D eigenvalue weighted by molar-refractivity contribution is 1.27. The van der Waals surface area contributed by atoms with Crippen LogP contribution in [0.15, 0.2) is 41.3 Å². The fourth-order valence-electron chi connectivity index (χ4n) is 1.84. The second-order valence-corrected chi connectivity index (χ2v) is 5.69. The number of hydrogen-bond donors (Lipinski definition) is 1. The van der Waals surface area contributed by atoms with Crippen molar-refractivity contribution in [3.8, 4) is 0 Å². The Morgan fingerprint density at radius 2 is 1.78 bits per heavy atom. The highest BCUT2D eigenvalue weighted by molar-refractivity contribution is 7.98. The van der Waals surface area contributed by atoms with E-state index in [1.807, 2.05) is 23.9 Å². The predicted molar refractivity (Wildman–Crippen MR) is 81.1 cm³/mol. The molecule has 0 amide bonds. The molecule has 0 spiro atoms. The topological polar surface area (TPSA) is 26.0 Å². The van der Waals surface area contributed by atoms with Crippen molar-refractivity contribution in [2.45, 2.75) is 31.4 Å². The van der Waals surface area contributed by atoms with E-state index >= 15 is 0 Å². The van der Waals surface area contributed by atoms with Gasteiger partial charge in [-0.25, -0.2) is 0 Å². The number of anilines is 1. The average molecular weight is 257 g/mol. The van der Waals surface area contributed by atoms with Gasteiger partial charge in [0, 0.05) is 16.3 Å². The van der Waals surface area contributed by atoms with E-state index in [0.717, 1.165) is 11.4 Å². The van der Waals surface area contributed by atoms with Gasteiger partial charge in [-0.15, -0.1) is 11.8 Å². The highest BCUT2D eigenvalue weighted by Gasteiger charge is 2.03. The first-order valence-corrected chi connectivity index (χ1v) is 7.10. The van der Waals surface area contributed by atoms with Crippen LogP contribution in [0.3, 0.4) is 0 Å². The molecule has 0 saturated heterocycles. The maximum Gasteiger partial charge on any atom is 0.0354 e. The van der Waals surface area contributed by atoms with Gasteiger partial charge in [0.25, 0.3) is 0 Å². The van der Waals surface area contributed by atoms with Gasteiger partial charge in [-0.3, -0.25) is 0 Å². The molecule has 0 aliphatic carbocycles. The summed E-state index contributed by atoms with van der Waals surface area (Å²) >= 11 is 1.85. The number of rotatable bonds is 3. The van der Waals surface area contributed by atoms with Gasteiger partial charge in [-0.2, -0.15) is 0 Å². The highest BCUT2D eigenvalue weighted by atomic mass is 32.2. The van der Waals surface area contributed by atoms with Crippen LogP contribution in [0.5, 0.6) is 0 Å². The predicted octanol–water partition coefficient (Wildman–Crippen LogP) is 4.49. The van der Waals surface area contributed by atoms with E-state index < -0.39 is 0 Å². The zero-order valence-electron chi connectivity index (χ0n) is 11.2. The summed E-state index contributed by atoms with van der Waals surface area (Å²) in [6, 6.07) is 12.8. The first-order chi connectivity index (χ1) is 8.58. The van der Waals surface area contributed by atoms with Crippen LogP contribution in [-0.4, -0.2) is 0 Å². The minimum Gasteiger partial charge on any atom is -0.398 e. The summed E-state index contributed by atoms with van der Waals surface area (Å²) in [4.78, 5) is 1.27. The normalized spacial score (nSPS) is 10.6. The van der Waals surface area contributed by atoms with Crippen molar-refractivity contribution in [2.24, 2.45) is 0 Å². The second kappa shape index (κ2) is 5.49. The lowest BCUT2D eigenvalue weighted by Crippen LogP contribution is -1.91. The van der Waals surface area contributed by atoms with E-state index in [2.05, 4.69) is 45.0 Å². The number of hydrogen-bond acceptors (Lipinski definition) is 2. The maximum absolute atomic E-state index is 5.92. The SMILES string of the molecule is Cc1ccc(CSc2cccc(N)c2C)cc1C. The van der Waals surface area contributed by atoms with Gasteiger partial charge >= 0.3 is 0 Å². The monoisotopic (exact) mass is 257 g/mol. The molecule has 0 unspecified atom stereocenters. The standard InChI is InChI=1S/C16H19NS/c1-11-7-8-14(9-12(11)2)10-18-16-6-4-5-15(17)13(16)3/h4-9H,10,17H2,1-3H3. The first-order valence-electron chi connectivity index (χ1n) is 6.12. The molecule has 2 heteroatoms. The van der Waals surface area contributed by atoms with Crippen molar-refractivity contribution in [3.63, 3.8) is 0 Å². The van der Waals surface area contributed by atoms with Crippen LogP contribution >= 0.6 is 11.8 Å². The summed E-state index contributed by atoms with van der Waals surface area (Å²) in [7, 11) is 0. The Hall–Kier alpha value is -1.41. The zero-order valence-corrected chi connectivity index (χ0v) is 12.0. The van der Waals surface area contributed by atoms with Gasteiger partial charge < -0.3 is 5.73 Å². The van der Waals surface area contributed by atoms with Crippen molar-refractivity contribution in [1.29, 1.82) is 0 Å². The largest absolute Gasteiger partial charge is 0.398 e. The lowest BCUT2D eigenvalue weighted by Gasteiger charge is -2.09. The molecule has 18 heavy (non-hydrogen) atoms. The number of benzene rings is 2. The molecule has 0 atom stereocenters. The molecule has 0 aliphatic heterocycles. The van der Waals surface area contributed by atoms with Gasteiger partial charge in [0.15, 0.2) is 0 Å². The highest BCUT2D eigenvalue weighted by Crippen LogP contribution is 2.29. The van der Waals surface area contributed by atoms with Crippen molar-refractivity contribution in [2.75, 3.05) is 5.73 Å². The van der Waals surface area contributed by atoms with E-state index in [-0.39, 0.29) is 0 Å². The minimum atomic E-state index is 0.875. The third-order valence-electron chi connectivity index (χ3n) is 3.29. The number of aryl methyl sites for hydroxylation is 2. The maximum atomic E-state index is 5.92. The molecule has 0 aromatic heterocycles. The smallest absolute Gasteiger partial charge is 0.0354 e. The molecular weight excluding hydrogens is 238 g/mol. The molecule has 0 radical (unpaired) electrons. The molecular formula is C16H19NS. The third-order valence-corrected chi connectivity index (χ3v) is 4.52. The van der Waals surface area contributed by atoms with E-state index in [4.69, 9.17) is 5.73 Å². The van der Waals surface area contributed by atoms with E-state index in [0.29, 0.717) is 0 Å². The summed E-state index contributed by atoms with van der Waals surface area (Å²) in [5.74, 6) is 0.991. The summed E-state index contributed by atoms with van der Waals surface area (Å²) in [5.41, 5.74) is 12.1. The molecule has 0 saturated carbocycles. The van der Waals surface area contributed by atoms with Crippen LogP contribution in [-0.2, 0) is 5.75 Å². The van der Waals surface area contributed by atoms with Crippen molar-refractivity contribution in [1.82, 2.24) is 0 Å². The average Bonchev–Trinajstić information content (AvgIpc) is 2.35. The van der Waals surface area contributed by atoms with Crippen LogP contribution in [0.2, 0.25) is 0 Å². The quantitative estimate of drug-likeness (QED) is 0.648. The first kappa shape index (κ1) is 13.0. The summed E-state index contributed by atoms with van der Waals surface area (Å²) in [6.45, 7) is 6.39. The third kappa shape index (κ3) is 2.88. The van der Waals surface area contributed by atoms with Crippen LogP contribution < -0.4 is 5.73 Å². The molecule has 1 nitrogen and oxygen atoms in total. The molecule has 0 heterocycles. The Kier molecular flexibility index (Phi) is 3.97. The fourth-order valence-corrected chi connectivity index (χ4v) is 2.85. The van der Waals surface area contributed by atoms with Crippen LogP contribution in [0.25, 0.3) is 0 Å². The molecule has 2 N–H and O–H groups in total. The Morgan fingerprint density at radius 1 is 1.00 bits per heavy atom.